The third-order valence-corrected chi connectivity index (χ3v) is 25.2. The van der Waals surface area contributed by atoms with Gasteiger partial charge in [0, 0.05) is 0 Å². The average Bonchev–Trinajstić information content (AvgIpc) is 0.764. The maximum atomic E-state index is 13.5. The van der Waals surface area contributed by atoms with Gasteiger partial charge in [0.2, 0.25) is 0 Å². The largest absolute Gasteiger partial charge is 0.743 e. The first-order chi connectivity index (χ1) is 61.4. The van der Waals surface area contributed by atoms with Crippen molar-refractivity contribution in [1.82, 2.24) is 0 Å². The molecule has 52 heteroatoms. The third kappa shape index (κ3) is 33.6. The first-order valence-electron chi connectivity index (χ1n) is 39.6. The minimum absolute atomic E-state index is 0.00778. The van der Waals surface area contributed by atoms with Crippen LogP contribution in [0.4, 0.5) is 57.1 Å². The molecule has 0 aliphatic rings. The monoisotopic (exact) mass is 2060 g/mol. The number of carbonyl (C=O) groups excluding carboxylic acids is 9. The lowest BCUT2D eigenvalue weighted by atomic mass is 9.82. The zero-order valence-corrected chi connectivity index (χ0v) is 79.7. The Labute approximate surface area is 773 Å². The molecule has 0 radical (unpaired) electrons. The molecule has 136 heavy (non-hydrogen) atoms. The SMILES string of the molecule is CCC(C)(C)C(=O)Oc1ccc(C(=O)OC(C)C(F)(F)S(=O)(=O)[O-])cc1.CCC(C)(C)C(=O)Oc1ccc(OCC(=O)OC(C)C(F)(F)S(=O)(=O)[O-])cc1.CCC(C)(C)C(=O)Oc1ccc2cc(C(=O)OC(C)C(F)(F)S(=O)(=O)[O-])ccc2c1.CCC(C)(C)C(=O)Oc1cccc(C(=O)OC(C(F)(F)F)C(F)(F)S(=O)(=O)[O-])c1.CCC(C)(C)c1ccc(C(=O)OC(C)C(F)(F)S(=O)(=O)[O-])cc1. The van der Waals surface area contributed by atoms with Crippen LogP contribution in [0.3, 0.4) is 0 Å². The van der Waals surface area contributed by atoms with E-state index < -0.39 is 201 Å². The fraction of sp³-hybridized carbons (Fsp3) is 0.488. The smallest absolute Gasteiger partial charge is 0.432 e. The Morgan fingerprint density at radius 1 is 0.301 bits per heavy atom. The molecule has 6 aromatic carbocycles. The fourth-order valence-electron chi connectivity index (χ4n) is 8.96. The van der Waals surface area contributed by atoms with Gasteiger partial charge in [-0.2, -0.15) is 57.1 Å². The topological polar surface area (TPSA) is 532 Å². The van der Waals surface area contributed by atoms with Gasteiger partial charge in [0.15, 0.2) is 81.6 Å². The number of fused-ring (bicyclic) bond motifs is 1. The van der Waals surface area contributed by atoms with E-state index in [1.54, 1.807) is 86.6 Å². The van der Waals surface area contributed by atoms with Crippen molar-refractivity contribution < 1.29 is 212 Å². The van der Waals surface area contributed by atoms with Gasteiger partial charge in [-0.1, -0.05) is 78.8 Å². The van der Waals surface area contributed by atoms with Crippen LogP contribution < -0.4 is 23.7 Å². The minimum Gasteiger partial charge on any atom is -0.743 e. The maximum absolute atomic E-state index is 13.5. The maximum Gasteiger partial charge on any atom is 0.432 e. The number of halogens is 13. The molecule has 0 bridgehead atoms. The summed E-state index contributed by atoms with van der Waals surface area (Å²) in [5.74, 6) is -8.40. The highest BCUT2D eigenvalue weighted by atomic mass is 32.2. The molecular formula is C84H96F13O34S5-5. The van der Waals surface area contributed by atoms with Crippen LogP contribution in [-0.4, -0.2) is 188 Å². The number of hydrogen-bond acceptors (Lipinski definition) is 34. The third-order valence-electron chi connectivity index (χ3n) is 20.3. The number of rotatable bonds is 36. The van der Waals surface area contributed by atoms with Crippen molar-refractivity contribution in [2.45, 2.75) is 232 Å². The van der Waals surface area contributed by atoms with E-state index in [0.717, 1.165) is 42.3 Å². The molecule has 762 valence electrons. The van der Waals surface area contributed by atoms with Crippen LogP contribution >= 0.6 is 0 Å². The van der Waals surface area contributed by atoms with Gasteiger partial charge >= 0.3 is 86.2 Å². The summed E-state index contributed by atoms with van der Waals surface area (Å²) in [5.41, 5.74) is -3.17. The van der Waals surface area contributed by atoms with Crippen molar-refractivity contribution in [3.8, 4) is 28.7 Å². The molecule has 0 saturated heterocycles. The second-order valence-electron chi connectivity index (χ2n) is 32.5. The Balaban J connectivity index is 0.000000577. The quantitative estimate of drug-likeness (QED) is 0.0116. The molecule has 6 rings (SSSR count). The van der Waals surface area contributed by atoms with Gasteiger partial charge in [-0.25, -0.2) is 66.1 Å². The molecule has 0 aliphatic heterocycles. The van der Waals surface area contributed by atoms with E-state index in [-0.39, 0.29) is 45.1 Å². The van der Waals surface area contributed by atoms with Crippen LogP contribution in [0.1, 0.15) is 211 Å². The van der Waals surface area contributed by atoms with Gasteiger partial charge in [-0.05, 0) is 240 Å². The normalized spacial score (nSPS) is 13.9. The van der Waals surface area contributed by atoms with Crippen LogP contribution in [0.15, 0.2) is 133 Å². The highest BCUT2D eigenvalue weighted by Gasteiger charge is 2.63. The lowest BCUT2D eigenvalue weighted by molar-refractivity contribution is -0.248. The molecule has 0 saturated carbocycles. The molecule has 0 spiro atoms. The molecule has 0 aliphatic carbocycles. The molecule has 0 amide bonds. The van der Waals surface area contributed by atoms with Crippen LogP contribution in [0.5, 0.6) is 28.7 Å². The second-order valence-corrected chi connectivity index (χ2v) is 39.8. The summed E-state index contributed by atoms with van der Waals surface area (Å²) in [5, 5.41) is -23.8. The van der Waals surface area contributed by atoms with E-state index in [0.29, 0.717) is 69.9 Å². The highest BCUT2D eigenvalue weighted by molar-refractivity contribution is 7.87. The first-order valence-corrected chi connectivity index (χ1v) is 46.6. The molecule has 5 atom stereocenters. The van der Waals surface area contributed by atoms with Crippen molar-refractivity contribution in [2.24, 2.45) is 21.7 Å². The number of alkyl halides is 13. The van der Waals surface area contributed by atoms with E-state index in [2.05, 4.69) is 23.7 Å². The molecule has 0 heterocycles. The summed E-state index contributed by atoms with van der Waals surface area (Å²) in [6, 6.07) is 29.1. The predicted octanol–water partition coefficient (Wildman–Crippen LogP) is 15.4. The average molecular weight is 2060 g/mol. The highest BCUT2D eigenvalue weighted by Crippen LogP contribution is 2.41. The van der Waals surface area contributed by atoms with Crippen molar-refractivity contribution in [2.75, 3.05) is 6.61 Å². The van der Waals surface area contributed by atoms with Crippen LogP contribution in [-0.2, 0) is 104 Å². The van der Waals surface area contributed by atoms with Crippen molar-refractivity contribution in [3.05, 3.63) is 161 Å². The summed E-state index contributed by atoms with van der Waals surface area (Å²) in [7, 11) is -30.7. The van der Waals surface area contributed by atoms with Gasteiger partial charge in [0.25, 0.3) is 6.10 Å². The van der Waals surface area contributed by atoms with E-state index in [1.165, 1.54) is 78.9 Å². The Morgan fingerprint density at radius 2 is 0.566 bits per heavy atom. The lowest BCUT2D eigenvalue weighted by Gasteiger charge is -2.29. The van der Waals surface area contributed by atoms with Gasteiger partial charge in [0.05, 0.1) is 43.9 Å². The van der Waals surface area contributed by atoms with Gasteiger partial charge in [-0.3, -0.25) is 19.2 Å². The van der Waals surface area contributed by atoms with E-state index >= 15 is 0 Å². The van der Waals surface area contributed by atoms with Crippen molar-refractivity contribution in [3.63, 3.8) is 0 Å². The Morgan fingerprint density at radius 3 is 0.897 bits per heavy atom. The molecule has 0 aromatic heterocycles. The molecular weight excluding hydrogens is 1960 g/mol. The summed E-state index contributed by atoms with van der Waals surface area (Å²) in [6.07, 6.45) is -17.4. The summed E-state index contributed by atoms with van der Waals surface area (Å²) >= 11 is 0. The van der Waals surface area contributed by atoms with E-state index in [9.17, 15) is 165 Å². The second kappa shape index (κ2) is 46.6. The van der Waals surface area contributed by atoms with Gasteiger partial charge in [0.1, 0.15) is 28.7 Å². The standard InChI is InChI=1S/C20H22F2O7S.C17H22F2O8S.C16H17F5O7S.C16H20F2O7S.C15H20F2O5S/c1-5-19(3,4)18(24)29-16-9-8-13-10-15(7-6-14(13)11-16)17(23)28-12(2)20(21,22)30(25,26)27;1-5-16(3,4)15(21)27-13-8-6-12(7-9-13)25-10-14(20)26-11(2)17(18,19)28(22,23)24;1-4-14(2,3)13(23)27-10-7-5-6-9(8-10)11(22)28-12(15(17,18)19)16(20,21)29(24,25)26;1-5-15(3,4)14(20)25-12-8-6-11(7-9-12)13(19)24-10(2)16(17,18)26(21,22)23;1-5-14(3,4)12-8-6-11(7-9-12)13(18)22-10(2)15(16,17)23(19,20)21/h6-12H,5H2,1-4H3,(H,25,26,27);6-9,11H,5,10H2,1-4H3,(H,22,23,24);5-8,12H,4H2,1-3H3,(H,24,25,26);6-10H,5H2,1-4H3,(H,21,22,23);6-10H,5H2,1-4H3,(H,19,20,21)/p-5. The molecule has 0 fully saturated rings. The van der Waals surface area contributed by atoms with E-state index in [1.807, 2.05) is 41.5 Å². The van der Waals surface area contributed by atoms with Crippen molar-refractivity contribution >= 4 is 115 Å². The Kier molecular flexibility index (Phi) is 41.6. The molecule has 5 unspecified atom stereocenters. The number of hydrogen-bond donors (Lipinski definition) is 0. The lowest BCUT2D eigenvalue weighted by Crippen LogP contribution is -2.52. The predicted molar refractivity (Wildman–Crippen MR) is 446 cm³/mol. The van der Waals surface area contributed by atoms with Gasteiger partial charge in [-0.15, -0.1) is 0 Å². The fourth-order valence-corrected chi connectivity index (χ4v) is 11.2. The van der Waals surface area contributed by atoms with Crippen LogP contribution in [0.25, 0.3) is 10.8 Å². The molecule has 34 nitrogen and oxygen atoms in total. The summed E-state index contributed by atoms with van der Waals surface area (Å²) < 4.78 is 377. The minimum atomic E-state index is -6.81. The Bertz CT molecular complexity index is 5840. The first kappa shape index (κ1) is 121. The number of benzene rings is 6. The summed E-state index contributed by atoms with van der Waals surface area (Å²) in [6.45, 7) is 28.4. The number of esters is 9. The Hall–Kier alpha value is -10.8. The zero-order chi connectivity index (χ0) is 106. The number of ether oxygens (including phenoxy) is 10. The van der Waals surface area contributed by atoms with Crippen molar-refractivity contribution in [1.29, 1.82) is 0 Å². The van der Waals surface area contributed by atoms with E-state index in [4.69, 9.17) is 23.7 Å². The molecule has 0 N–H and O–H groups in total. The summed E-state index contributed by atoms with van der Waals surface area (Å²) in [4.78, 5) is 107. The van der Waals surface area contributed by atoms with Gasteiger partial charge < -0.3 is 70.1 Å². The van der Waals surface area contributed by atoms with Crippen LogP contribution in [0, 0.1) is 21.7 Å². The number of carbonyl (C=O) groups is 9. The zero-order valence-electron chi connectivity index (χ0n) is 75.7. The van der Waals surface area contributed by atoms with Crippen LogP contribution in [0.2, 0.25) is 0 Å². The molecule has 6 aromatic rings.